The molecule has 1 aliphatic rings. The second-order valence-electron chi connectivity index (χ2n) is 7.40. The Morgan fingerprint density at radius 3 is 2.68 bits per heavy atom. The Kier molecular flexibility index (Phi) is 4.73. The molecule has 0 aliphatic carbocycles. The molecule has 0 spiro atoms. The number of hydrogen-bond donors (Lipinski definition) is 1. The van der Waals surface area contributed by atoms with E-state index in [0.29, 0.717) is 6.61 Å². The van der Waals surface area contributed by atoms with Crippen LogP contribution in [-0.2, 0) is 11.3 Å². The van der Waals surface area contributed by atoms with E-state index in [9.17, 15) is 0 Å². The Morgan fingerprint density at radius 1 is 0.929 bits per heavy atom. The van der Waals surface area contributed by atoms with Gasteiger partial charge >= 0.3 is 0 Å². The van der Waals surface area contributed by atoms with Gasteiger partial charge in [0.25, 0.3) is 0 Å². The Morgan fingerprint density at radius 2 is 1.75 bits per heavy atom. The fourth-order valence-electron chi connectivity index (χ4n) is 3.98. The zero-order chi connectivity index (χ0) is 18.8. The third kappa shape index (κ3) is 3.61. The topological polar surface area (TPSA) is 37.5 Å². The smallest absolute Gasteiger partial charge is 0.121 e. The minimum absolute atomic E-state index is 0.0934. The van der Waals surface area contributed by atoms with E-state index in [2.05, 4.69) is 76.6 Å². The van der Waals surface area contributed by atoms with Crippen LogP contribution in [0.25, 0.3) is 21.8 Å². The van der Waals surface area contributed by atoms with Crippen molar-refractivity contribution in [1.29, 1.82) is 0 Å². The van der Waals surface area contributed by atoms with Gasteiger partial charge in [0.1, 0.15) is 18.5 Å². The fourth-order valence-corrected chi connectivity index (χ4v) is 3.98. The van der Waals surface area contributed by atoms with E-state index in [-0.39, 0.29) is 6.10 Å². The van der Waals surface area contributed by atoms with Crippen LogP contribution in [-0.4, -0.2) is 42.3 Å². The summed E-state index contributed by atoms with van der Waals surface area (Å²) in [4.78, 5) is 5.91. The summed E-state index contributed by atoms with van der Waals surface area (Å²) in [5, 5.41) is 2.47. The van der Waals surface area contributed by atoms with E-state index in [1.54, 1.807) is 0 Å². The van der Waals surface area contributed by atoms with E-state index in [0.717, 1.165) is 43.0 Å². The number of benzene rings is 3. The Bertz CT molecular complexity index is 1070. The Balaban J connectivity index is 1.23. The predicted octanol–water partition coefficient (Wildman–Crippen LogP) is 4.60. The maximum atomic E-state index is 6.08. The van der Waals surface area contributed by atoms with Crippen molar-refractivity contribution in [2.45, 2.75) is 12.6 Å². The number of nitrogens with one attached hydrogen (secondary N) is 1. The maximum absolute atomic E-state index is 6.08. The highest BCUT2D eigenvalue weighted by molar-refractivity contribution is 6.07. The molecule has 1 saturated heterocycles. The molecule has 3 aromatic carbocycles. The van der Waals surface area contributed by atoms with Gasteiger partial charge in [0.15, 0.2) is 0 Å². The van der Waals surface area contributed by atoms with Gasteiger partial charge in [-0.15, -0.1) is 0 Å². The van der Waals surface area contributed by atoms with Gasteiger partial charge in [-0.2, -0.15) is 0 Å². The highest BCUT2D eigenvalue weighted by Crippen LogP contribution is 2.28. The predicted molar refractivity (Wildman–Crippen MR) is 113 cm³/mol. The average molecular weight is 372 g/mol. The highest BCUT2D eigenvalue weighted by Gasteiger charge is 2.21. The zero-order valence-corrected chi connectivity index (χ0v) is 15.8. The summed E-state index contributed by atoms with van der Waals surface area (Å²) in [6, 6.07) is 25.2. The first-order valence-electron chi connectivity index (χ1n) is 9.86. The molecule has 1 aliphatic heterocycles. The largest absolute Gasteiger partial charge is 0.491 e. The van der Waals surface area contributed by atoms with Crippen LogP contribution >= 0.6 is 0 Å². The summed E-state index contributed by atoms with van der Waals surface area (Å²) < 4.78 is 12.0. The van der Waals surface area contributed by atoms with E-state index in [4.69, 9.17) is 9.47 Å². The van der Waals surface area contributed by atoms with Crippen LogP contribution < -0.4 is 4.74 Å². The number of fused-ring (bicyclic) bond motifs is 3. The van der Waals surface area contributed by atoms with E-state index < -0.39 is 0 Å². The molecular formula is C24H24N2O2. The number of nitrogens with zero attached hydrogens (tertiary/aromatic N) is 1. The van der Waals surface area contributed by atoms with Crippen LogP contribution in [0.4, 0.5) is 0 Å². The van der Waals surface area contributed by atoms with Gasteiger partial charge in [0.05, 0.1) is 12.1 Å². The van der Waals surface area contributed by atoms with Crippen LogP contribution in [0, 0.1) is 0 Å². The second-order valence-corrected chi connectivity index (χ2v) is 7.40. The van der Waals surface area contributed by atoms with Crippen molar-refractivity contribution in [2.75, 3.05) is 26.3 Å². The van der Waals surface area contributed by atoms with Crippen molar-refractivity contribution >= 4 is 21.8 Å². The summed E-state index contributed by atoms with van der Waals surface area (Å²) in [6.07, 6.45) is 0.0934. The molecule has 1 aromatic heterocycles. The minimum Gasteiger partial charge on any atom is -0.491 e. The van der Waals surface area contributed by atoms with Gasteiger partial charge in [-0.1, -0.05) is 48.5 Å². The van der Waals surface area contributed by atoms with Gasteiger partial charge in [0, 0.05) is 42.0 Å². The summed E-state index contributed by atoms with van der Waals surface area (Å²) in [7, 11) is 0. The third-order valence-corrected chi connectivity index (χ3v) is 5.39. The van der Waals surface area contributed by atoms with Crippen molar-refractivity contribution in [1.82, 2.24) is 9.88 Å². The molecule has 28 heavy (non-hydrogen) atoms. The number of para-hydroxylation sites is 1. The van der Waals surface area contributed by atoms with E-state index >= 15 is 0 Å². The lowest BCUT2D eigenvalue weighted by Crippen LogP contribution is -2.44. The van der Waals surface area contributed by atoms with Crippen LogP contribution in [0.5, 0.6) is 5.75 Å². The molecule has 0 radical (unpaired) electrons. The summed E-state index contributed by atoms with van der Waals surface area (Å²) in [5.74, 6) is 0.878. The van der Waals surface area contributed by atoms with E-state index in [1.807, 2.05) is 6.07 Å². The Hall–Kier alpha value is -2.82. The number of aromatic nitrogens is 1. The monoisotopic (exact) mass is 372 g/mol. The van der Waals surface area contributed by atoms with E-state index in [1.165, 1.54) is 16.3 Å². The molecule has 4 aromatic rings. The number of hydrogen-bond acceptors (Lipinski definition) is 3. The molecule has 0 amide bonds. The van der Waals surface area contributed by atoms with Crippen molar-refractivity contribution in [3.05, 3.63) is 78.4 Å². The van der Waals surface area contributed by atoms with Gasteiger partial charge in [-0.05, 0) is 23.8 Å². The second kappa shape index (κ2) is 7.66. The first-order valence-corrected chi connectivity index (χ1v) is 9.86. The highest BCUT2D eigenvalue weighted by atomic mass is 16.5. The molecule has 5 rings (SSSR count). The lowest BCUT2D eigenvalue weighted by molar-refractivity contribution is -0.0504. The van der Waals surface area contributed by atoms with Crippen LogP contribution in [0.15, 0.2) is 72.8 Å². The first-order chi connectivity index (χ1) is 13.8. The average Bonchev–Trinajstić information content (AvgIpc) is 3.11. The van der Waals surface area contributed by atoms with Crippen molar-refractivity contribution in [3.8, 4) is 5.75 Å². The molecule has 0 unspecified atom stereocenters. The van der Waals surface area contributed by atoms with Crippen molar-refractivity contribution in [2.24, 2.45) is 0 Å². The van der Waals surface area contributed by atoms with Gasteiger partial charge in [-0.25, -0.2) is 0 Å². The molecule has 4 nitrogen and oxygen atoms in total. The molecule has 142 valence electrons. The SMILES string of the molecule is c1ccc(CN2CCO[C@@H](COc3ccc4c(c3)[nH]c3ccccc34)C2)cc1. The number of rotatable bonds is 5. The fraction of sp³-hybridized carbons (Fsp3) is 0.250. The number of H-pyrrole nitrogens is 1. The number of aromatic amines is 1. The summed E-state index contributed by atoms with van der Waals surface area (Å²) in [5.41, 5.74) is 3.60. The minimum atomic E-state index is 0.0934. The zero-order valence-electron chi connectivity index (χ0n) is 15.8. The van der Waals surface area contributed by atoms with Crippen molar-refractivity contribution < 1.29 is 9.47 Å². The molecule has 1 N–H and O–H groups in total. The quantitative estimate of drug-likeness (QED) is 0.556. The van der Waals surface area contributed by atoms with Gasteiger partial charge in [-0.3, -0.25) is 4.90 Å². The molecule has 1 atom stereocenters. The van der Waals surface area contributed by atoms with Crippen molar-refractivity contribution in [3.63, 3.8) is 0 Å². The normalized spacial score (nSPS) is 17.9. The first kappa shape index (κ1) is 17.3. The molecule has 2 heterocycles. The molecule has 4 heteroatoms. The standard InChI is InChI=1S/C24H24N2O2/c1-2-6-18(7-3-1)15-26-12-13-27-20(16-26)17-28-19-10-11-22-21-8-4-5-9-23(21)25-24(22)14-19/h1-11,14,20,25H,12-13,15-17H2/t20-/m1/s1. The lowest BCUT2D eigenvalue weighted by atomic mass is 10.1. The summed E-state index contributed by atoms with van der Waals surface area (Å²) in [6.45, 7) is 4.14. The van der Waals surface area contributed by atoms with Crippen LogP contribution in [0.3, 0.4) is 0 Å². The van der Waals surface area contributed by atoms with Crippen LogP contribution in [0.1, 0.15) is 5.56 Å². The molecule has 1 fully saturated rings. The third-order valence-electron chi connectivity index (χ3n) is 5.39. The molecular weight excluding hydrogens is 348 g/mol. The molecule has 0 bridgehead atoms. The lowest BCUT2D eigenvalue weighted by Gasteiger charge is -2.32. The number of morpholine rings is 1. The van der Waals surface area contributed by atoms with Crippen LogP contribution in [0.2, 0.25) is 0 Å². The summed E-state index contributed by atoms with van der Waals surface area (Å²) >= 11 is 0. The number of ether oxygens (including phenoxy) is 2. The molecule has 0 saturated carbocycles. The maximum Gasteiger partial charge on any atom is 0.121 e. The Labute approximate surface area is 164 Å². The van der Waals surface area contributed by atoms with Gasteiger partial charge < -0.3 is 14.5 Å². The van der Waals surface area contributed by atoms with Gasteiger partial charge in [0.2, 0.25) is 0 Å².